The molecule has 0 spiro atoms. The number of nitrogens with zero attached hydrogens (tertiary/aromatic N) is 3. The molecule has 0 aliphatic carbocycles. The molecule has 0 bridgehead atoms. The number of anilines is 1. The van der Waals surface area contributed by atoms with E-state index in [1.54, 1.807) is 0 Å². The molecule has 1 aromatic rings. The van der Waals surface area contributed by atoms with E-state index >= 15 is 0 Å². The lowest BCUT2D eigenvalue weighted by Crippen LogP contribution is -2.42. The minimum atomic E-state index is 0. The van der Waals surface area contributed by atoms with Crippen LogP contribution < -0.4 is 15.5 Å². The summed E-state index contributed by atoms with van der Waals surface area (Å²) in [5.74, 6) is 1.90. The van der Waals surface area contributed by atoms with Crippen LogP contribution in [0.4, 0.5) is 5.82 Å². The molecule has 2 rings (SSSR count). The Labute approximate surface area is 187 Å². The monoisotopic (exact) mass is 503 g/mol. The van der Waals surface area contributed by atoms with Crippen molar-refractivity contribution in [2.45, 2.75) is 60.0 Å². The van der Waals surface area contributed by atoms with E-state index in [0.717, 1.165) is 56.6 Å². The molecule has 0 saturated carbocycles. The zero-order chi connectivity index (χ0) is 19.7. The largest absolute Gasteiger partial charge is 0.378 e. The van der Waals surface area contributed by atoms with E-state index in [-0.39, 0.29) is 24.0 Å². The average molecular weight is 503 g/mol. The van der Waals surface area contributed by atoms with Gasteiger partial charge in [0, 0.05) is 37.4 Å². The number of guanidine groups is 1. The molecule has 1 aliphatic heterocycles. The lowest BCUT2D eigenvalue weighted by atomic mass is 9.89. The van der Waals surface area contributed by atoms with Crippen LogP contribution in [0.15, 0.2) is 23.3 Å². The maximum Gasteiger partial charge on any atom is 0.191 e. The molecule has 28 heavy (non-hydrogen) atoms. The standard InChI is InChI=1S/C21H37N5O.HI/c1-6-22-20(25-17(2)9-10-21(3,4)5)24-16-18-8-7-11-23-19(18)26-12-14-27-15-13-26;/h7-8,11,17H,6,9-10,12-16H2,1-5H3,(H2,22,24,25);1H. The van der Waals surface area contributed by atoms with Crippen molar-refractivity contribution < 1.29 is 4.74 Å². The maximum absolute atomic E-state index is 5.46. The van der Waals surface area contributed by atoms with Crippen LogP contribution in [0.2, 0.25) is 0 Å². The minimum absolute atomic E-state index is 0. The van der Waals surface area contributed by atoms with Crippen LogP contribution >= 0.6 is 24.0 Å². The Hall–Kier alpha value is -1.09. The summed E-state index contributed by atoms with van der Waals surface area (Å²) in [7, 11) is 0. The first-order valence-electron chi connectivity index (χ1n) is 10.2. The fourth-order valence-corrected chi connectivity index (χ4v) is 3.05. The van der Waals surface area contributed by atoms with Gasteiger partial charge in [0.2, 0.25) is 0 Å². The summed E-state index contributed by atoms with van der Waals surface area (Å²) in [6.45, 7) is 15.9. The summed E-state index contributed by atoms with van der Waals surface area (Å²) in [5, 5.41) is 6.91. The summed E-state index contributed by atoms with van der Waals surface area (Å²) in [4.78, 5) is 11.7. The van der Waals surface area contributed by atoms with Gasteiger partial charge in [0.05, 0.1) is 19.8 Å². The topological polar surface area (TPSA) is 61.8 Å². The summed E-state index contributed by atoms with van der Waals surface area (Å²) < 4.78 is 5.46. The summed E-state index contributed by atoms with van der Waals surface area (Å²) >= 11 is 0. The van der Waals surface area contributed by atoms with Crippen molar-refractivity contribution in [3.8, 4) is 0 Å². The molecule has 160 valence electrons. The normalized spacial score (nSPS) is 16.3. The van der Waals surface area contributed by atoms with E-state index in [1.807, 2.05) is 12.3 Å². The van der Waals surface area contributed by atoms with Crippen molar-refractivity contribution in [3.63, 3.8) is 0 Å². The molecule has 1 aliphatic rings. The van der Waals surface area contributed by atoms with Gasteiger partial charge in [-0.05, 0) is 38.2 Å². The van der Waals surface area contributed by atoms with Crippen LogP contribution in [-0.2, 0) is 11.3 Å². The van der Waals surface area contributed by atoms with Gasteiger partial charge >= 0.3 is 0 Å². The van der Waals surface area contributed by atoms with Gasteiger partial charge in [-0.1, -0.05) is 26.8 Å². The number of hydrogen-bond donors (Lipinski definition) is 2. The van der Waals surface area contributed by atoms with Crippen LogP contribution in [0, 0.1) is 5.41 Å². The Morgan fingerprint density at radius 2 is 2.04 bits per heavy atom. The number of aliphatic imine (C=N–C) groups is 1. The van der Waals surface area contributed by atoms with Crippen molar-refractivity contribution in [3.05, 3.63) is 23.9 Å². The number of aromatic nitrogens is 1. The predicted octanol–water partition coefficient (Wildman–Crippen LogP) is 3.81. The summed E-state index contributed by atoms with van der Waals surface area (Å²) in [6, 6.07) is 4.49. The third kappa shape index (κ3) is 8.94. The first kappa shape index (κ1) is 24.9. The molecular formula is C21H38IN5O. The van der Waals surface area contributed by atoms with Crippen LogP contribution in [0.3, 0.4) is 0 Å². The van der Waals surface area contributed by atoms with Gasteiger partial charge in [-0.25, -0.2) is 9.98 Å². The first-order chi connectivity index (χ1) is 12.9. The second kappa shape index (κ2) is 12.5. The molecule has 1 aromatic heterocycles. The molecule has 0 amide bonds. The summed E-state index contributed by atoms with van der Waals surface area (Å²) in [5.41, 5.74) is 1.51. The van der Waals surface area contributed by atoms with Gasteiger partial charge in [-0.3, -0.25) is 0 Å². The second-order valence-electron chi connectivity index (χ2n) is 8.43. The van der Waals surface area contributed by atoms with Crippen molar-refractivity contribution in [1.29, 1.82) is 0 Å². The number of pyridine rings is 1. The lowest BCUT2D eigenvalue weighted by Gasteiger charge is -2.29. The molecule has 2 heterocycles. The highest BCUT2D eigenvalue weighted by Crippen LogP contribution is 2.22. The van der Waals surface area contributed by atoms with Gasteiger partial charge < -0.3 is 20.3 Å². The van der Waals surface area contributed by atoms with Gasteiger partial charge in [0.1, 0.15) is 5.82 Å². The average Bonchev–Trinajstić information content (AvgIpc) is 2.65. The molecule has 1 unspecified atom stereocenters. The molecule has 6 nitrogen and oxygen atoms in total. The Balaban J connectivity index is 0.00000392. The number of ether oxygens (including phenoxy) is 1. The highest BCUT2D eigenvalue weighted by Gasteiger charge is 2.16. The SMILES string of the molecule is CCNC(=NCc1cccnc1N1CCOCC1)NC(C)CCC(C)(C)C.I. The van der Waals surface area contributed by atoms with Gasteiger partial charge in [0.15, 0.2) is 5.96 Å². The zero-order valence-electron chi connectivity index (χ0n) is 18.1. The quantitative estimate of drug-likeness (QED) is 0.337. The van der Waals surface area contributed by atoms with E-state index in [4.69, 9.17) is 9.73 Å². The van der Waals surface area contributed by atoms with Crippen LogP contribution in [-0.4, -0.2) is 49.8 Å². The highest BCUT2D eigenvalue weighted by atomic mass is 127. The molecule has 2 N–H and O–H groups in total. The number of rotatable bonds is 7. The van der Waals surface area contributed by atoms with E-state index in [2.05, 4.69) is 61.2 Å². The van der Waals surface area contributed by atoms with Crippen molar-refractivity contribution >= 4 is 35.8 Å². The molecular weight excluding hydrogens is 465 g/mol. The van der Waals surface area contributed by atoms with Crippen LogP contribution in [0.25, 0.3) is 0 Å². The fourth-order valence-electron chi connectivity index (χ4n) is 3.05. The smallest absolute Gasteiger partial charge is 0.191 e. The van der Waals surface area contributed by atoms with Crippen molar-refractivity contribution in [1.82, 2.24) is 15.6 Å². The highest BCUT2D eigenvalue weighted by molar-refractivity contribution is 14.0. The van der Waals surface area contributed by atoms with Crippen LogP contribution in [0.5, 0.6) is 0 Å². The number of hydrogen-bond acceptors (Lipinski definition) is 4. The van der Waals surface area contributed by atoms with Gasteiger partial charge in [-0.15, -0.1) is 24.0 Å². The number of halogens is 1. The molecule has 0 aromatic carbocycles. The van der Waals surface area contributed by atoms with E-state index in [9.17, 15) is 0 Å². The molecule has 0 radical (unpaired) electrons. The van der Waals surface area contributed by atoms with Crippen molar-refractivity contribution in [2.24, 2.45) is 10.4 Å². The lowest BCUT2D eigenvalue weighted by molar-refractivity contribution is 0.122. The predicted molar refractivity (Wildman–Crippen MR) is 129 cm³/mol. The fraction of sp³-hybridized carbons (Fsp3) is 0.714. The Morgan fingerprint density at radius 3 is 2.68 bits per heavy atom. The zero-order valence-corrected chi connectivity index (χ0v) is 20.5. The molecule has 1 atom stereocenters. The maximum atomic E-state index is 5.46. The minimum Gasteiger partial charge on any atom is -0.378 e. The van der Waals surface area contributed by atoms with Gasteiger partial charge in [-0.2, -0.15) is 0 Å². The van der Waals surface area contributed by atoms with E-state index < -0.39 is 0 Å². The number of nitrogens with one attached hydrogen (secondary N) is 2. The summed E-state index contributed by atoms with van der Waals surface area (Å²) in [6.07, 6.45) is 4.17. The number of morpholine rings is 1. The van der Waals surface area contributed by atoms with E-state index in [1.165, 1.54) is 6.42 Å². The first-order valence-corrected chi connectivity index (χ1v) is 10.2. The third-order valence-electron chi connectivity index (χ3n) is 4.64. The Bertz CT molecular complexity index is 597. The molecule has 1 saturated heterocycles. The molecule has 1 fully saturated rings. The van der Waals surface area contributed by atoms with Crippen LogP contribution in [0.1, 0.15) is 53.0 Å². The Kier molecular flexibility index (Phi) is 11.1. The second-order valence-corrected chi connectivity index (χ2v) is 8.43. The Morgan fingerprint density at radius 1 is 1.32 bits per heavy atom. The van der Waals surface area contributed by atoms with Gasteiger partial charge in [0.25, 0.3) is 0 Å². The van der Waals surface area contributed by atoms with Crippen molar-refractivity contribution in [2.75, 3.05) is 37.7 Å². The van der Waals surface area contributed by atoms with E-state index in [0.29, 0.717) is 18.0 Å². The third-order valence-corrected chi connectivity index (χ3v) is 4.64. The molecule has 7 heteroatoms.